The van der Waals surface area contributed by atoms with Crippen LogP contribution in [0.4, 0.5) is 11.4 Å². The number of amides is 2. The van der Waals surface area contributed by atoms with Crippen LogP contribution < -0.4 is 10.4 Å². The summed E-state index contributed by atoms with van der Waals surface area (Å²) in [5.74, 6) is -1.14. The minimum absolute atomic E-state index is 0.0352. The van der Waals surface area contributed by atoms with Crippen LogP contribution in [0.5, 0.6) is 0 Å². The Morgan fingerprint density at radius 1 is 0.967 bits per heavy atom. The summed E-state index contributed by atoms with van der Waals surface area (Å²) in [6.45, 7) is 0. The first-order chi connectivity index (χ1) is 14.3. The fraction of sp³-hybridized carbons (Fsp3) is 0. The van der Waals surface area contributed by atoms with Gasteiger partial charge in [-0.15, -0.1) is 0 Å². The quantitative estimate of drug-likeness (QED) is 0.284. The van der Waals surface area contributed by atoms with Gasteiger partial charge >= 0.3 is 0 Å². The number of anilines is 1. The number of hydrogen-bond acceptors (Lipinski definition) is 4. The van der Waals surface area contributed by atoms with E-state index in [9.17, 15) is 19.7 Å². The first-order valence-corrected chi connectivity index (χ1v) is 9.34. The van der Waals surface area contributed by atoms with Crippen molar-refractivity contribution in [3.8, 4) is 5.69 Å². The number of nitrogens with one attached hydrogen (secondary N) is 1. The van der Waals surface area contributed by atoms with E-state index in [4.69, 9.17) is 23.2 Å². The van der Waals surface area contributed by atoms with E-state index in [1.54, 1.807) is 35.0 Å². The molecule has 10 heteroatoms. The molecule has 3 aromatic rings. The molecule has 1 fully saturated rings. The van der Waals surface area contributed by atoms with Gasteiger partial charge in [-0.1, -0.05) is 23.2 Å². The van der Waals surface area contributed by atoms with Gasteiger partial charge in [-0.3, -0.25) is 25.1 Å². The Morgan fingerprint density at radius 2 is 1.63 bits per heavy atom. The second-order valence-electron chi connectivity index (χ2n) is 6.34. The number of nitro groups is 1. The molecule has 8 nitrogen and oxygen atoms in total. The number of carbonyl (C=O) groups is 2. The zero-order valence-electron chi connectivity index (χ0n) is 15.1. The summed E-state index contributed by atoms with van der Waals surface area (Å²) in [5.41, 5.74) is 3.90. The highest BCUT2D eigenvalue weighted by Crippen LogP contribution is 2.28. The van der Waals surface area contributed by atoms with Crippen molar-refractivity contribution in [3.05, 3.63) is 92.2 Å². The van der Waals surface area contributed by atoms with Crippen molar-refractivity contribution >= 4 is 52.5 Å². The van der Waals surface area contributed by atoms with Crippen molar-refractivity contribution in [3.63, 3.8) is 0 Å². The van der Waals surface area contributed by atoms with E-state index in [0.717, 1.165) is 5.01 Å². The zero-order valence-corrected chi connectivity index (χ0v) is 16.6. The lowest BCUT2D eigenvalue weighted by molar-refractivity contribution is -0.384. The lowest BCUT2D eigenvalue weighted by atomic mass is 10.2. The van der Waals surface area contributed by atoms with Crippen LogP contribution in [-0.2, 0) is 9.59 Å². The molecule has 0 atom stereocenters. The van der Waals surface area contributed by atoms with Crippen LogP contribution >= 0.6 is 23.2 Å². The maximum atomic E-state index is 12.8. The molecule has 4 rings (SSSR count). The molecule has 0 radical (unpaired) electrons. The van der Waals surface area contributed by atoms with Crippen LogP contribution in [0.25, 0.3) is 11.8 Å². The molecule has 1 aliphatic rings. The molecule has 150 valence electrons. The molecule has 2 heterocycles. The van der Waals surface area contributed by atoms with Gasteiger partial charge in [-0.25, -0.2) is 5.01 Å². The number of non-ortho nitro benzene ring substituents is 1. The number of halogens is 2. The minimum atomic E-state index is -0.576. The van der Waals surface area contributed by atoms with E-state index in [2.05, 4.69) is 5.43 Å². The van der Waals surface area contributed by atoms with E-state index in [1.165, 1.54) is 36.4 Å². The van der Waals surface area contributed by atoms with Crippen molar-refractivity contribution in [1.29, 1.82) is 0 Å². The summed E-state index contributed by atoms with van der Waals surface area (Å²) in [6, 6.07) is 13.9. The molecule has 2 aromatic carbocycles. The van der Waals surface area contributed by atoms with Gasteiger partial charge < -0.3 is 4.57 Å². The standard InChI is InChI=1S/C20H12Cl2N4O4/c21-12-8-13(22)10-17(9-12)25-20(28)18(19(27)23-25)11-16-2-1-7-24(16)14-3-5-15(6-4-14)26(29)30/h1-11H,(H,23,27)/b18-11+. The minimum Gasteiger partial charge on any atom is -0.317 e. The highest BCUT2D eigenvalue weighted by Gasteiger charge is 2.35. The molecule has 1 saturated heterocycles. The van der Waals surface area contributed by atoms with Gasteiger partial charge in [0.25, 0.3) is 17.5 Å². The predicted molar refractivity (Wildman–Crippen MR) is 112 cm³/mol. The van der Waals surface area contributed by atoms with Crippen molar-refractivity contribution in [2.75, 3.05) is 5.01 Å². The smallest absolute Gasteiger partial charge is 0.282 e. The fourth-order valence-corrected chi connectivity index (χ4v) is 3.55. The topological polar surface area (TPSA) is 97.5 Å². The fourth-order valence-electron chi connectivity index (χ4n) is 3.04. The van der Waals surface area contributed by atoms with Gasteiger partial charge in [-0.05, 0) is 48.5 Å². The van der Waals surface area contributed by atoms with Gasteiger partial charge in [-0.2, -0.15) is 0 Å². The monoisotopic (exact) mass is 442 g/mol. The number of hydrogen-bond donors (Lipinski definition) is 1. The average Bonchev–Trinajstić information content (AvgIpc) is 3.27. The molecule has 0 unspecified atom stereocenters. The Morgan fingerprint density at radius 3 is 2.27 bits per heavy atom. The number of nitrogens with zero attached hydrogens (tertiary/aromatic N) is 3. The zero-order chi connectivity index (χ0) is 21.4. The highest BCUT2D eigenvalue weighted by molar-refractivity contribution is 6.36. The van der Waals surface area contributed by atoms with Crippen LogP contribution in [0.2, 0.25) is 10.0 Å². The third-order valence-electron chi connectivity index (χ3n) is 4.41. The van der Waals surface area contributed by atoms with Gasteiger partial charge in [0, 0.05) is 39.8 Å². The molecule has 30 heavy (non-hydrogen) atoms. The molecule has 1 N–H and O–H groups in total. The van der Waals surface area contributed by atoms with E-state index in [1.807, 2.05) is 0 Å². The average molecular weight is 443 g/mol. The number of benzene rings is 2. The molecular formula is C20H12Cl2N4O4. The summed E-state index contributed by atoms with van der Waals surface area (Å²) in [5, 5.41) is 12.6. The second kappa shape index (κ2) is 7.66. The van der Waals surface area contributed by atoms with Crippen molar-refractivity contribution < 1.29 is 14.5 Å². The summed E-state index contributed by atoms with van der Waals surface area (Å²) >= 11 is 12.0. The highest BCUT2D eigenvalue weighted by atomic mass is 35.5. The predicted octanol–water partition coefficient (Wildman–Crippen LogP) is 4.15. The normalized spacial score (nSPS) is 15.0. The van der Waals surface area contributed by atoms with Crippen molar-refractivity contribution in [1.82, 2.24) is 9.99 Å². The molecule has 2 amide bonds. The van der Waals surface area contributed by atoms with Crippen LogP contribution in [0.1, 0.15) is 5.69 Å². The Balaban J connectivity index is 1.67. The van der Waals surface area contributed by atoms with Crippen molar-refractivity contribution in [2.24, 2.45) is 0 Å². The molecule has 1 aromatic heterocycles. The summed E-state index contributed by atoms with van der Waals surface area (Å²) in [7, 11) is 0. The Bertz CT molecular complexity index is 1200. The number of hydrazine groups is 1. The van der Waals surface area contributed by atoms with Gasteiger partial charge in [0.2, 0.25) is 0 Å². The lowest BCUT2D eigenvalue weighted by Gasteiger charge is -2.15. The molecule has 0 aliphatic carbocycles. The van der Waals surface area contributed by atoms with Gasteiger partial charge in [0.05, 0.1) is 10.6 Å². The van der Waals surface area contributed by atoms with Gasteiger partial charge in [0.1, 0.15) is 5.57 Å². The third kappa shape index (κ3) is 3.66. The molecule has 1 aliphatic heterocycles. The summed E-state index contributed by atoms with van der Waals surface area (Å²) in [4.78, 5) is 35.6. The van der Waals surface area contributed by atoms with E-state index < -0.39 is 16.7 Å². The van der Waals surface area contributed by atoms with Gasteiger partial charge in [0.15, 0.2) is 0 Å². The number of nitro benzene ring substituents is 1. The van der Waals surface area contributed by atoms with Crippen LogP contribution in [-0.4, -0.2) is 21.3 Å². The second-order valence-corrected chi connectivity index (χ2v) is 7.22. The summed E-state index contributed by atoms with van der Waals surface area (Å²) in [6.07, 6.45) is 3.17. The first-order valence-electron chi connectivity index (χ1n) is 8.59. The largest absolute Gasteiger partial charge is 0.317 e. The van der Waals surface area contributed by atoms with Crippen LogP contribution in [0, 0.1) is 10.1 Å². The van der Waals surface area contributed by atoms with E-state index in [0.29, 0.717) is 27.1 Å². The number of carbonyl (C=O) groups excluding carboxylic acids is 2. The first kappa shape index (κ1) is 19.7. The summed E-state index contributed by atoms with van der Waals surface area (Å²) < 4.78 is 1.70. The van der Waals surface area contributed by atoms with Crippen molar-refractivity contribution in [2.45, 2.75) is 0 Å². The third-order valence-corrected chi connectivity index (χ3v) is 4.84. The maximum absolute atomic E-state index is 12.8. The molecule has 0 saturated carbocycles. The number of rotatable bonds is 4. The Hall–Kier alpha value is -3.62. The number of aromatic nitrogens is 1. The molecule has 0 bridgehead atoms. The Labute approximate surface area is 180 Å². The molecular weight excluding hydrogens is 431 g/mol. The lowest BCUT2D eigenvalue weighted by Crippen LogP contribution is -2.35. The maximum Gasteiger partial charge on any atom is 0.282 e. The van der Waals surface area contributed by atoms with Crippen LogP contribution in [0.15, 0.2) is 66.4 Å². The van der Waals surface area contributed by atoms with Crippen LogP contribution in [0.3, 0.4) is 0 Å². The SMILES string of the molecule is O=C1NN(c2cc(Cl)cc(Cl)c2)C(=O)/C1=C/c1cccn1-c1ccc([N+](=O)[O-])cc1. The Kier molecular flexibility index (Phi) is 5.03. The van der Waals surface area contributed by atoms with E-state index in [-0.39, 0.29) is 11.3 Å². The molecule has 0 spiro atoms. The van der Waals surface area contributed by atoms with E-state index >= 15 is 0 Å².